The van der Waals surface area contributed by atoms with Gasteiger partial charge < -0.3 is 39.4 Å². The summed E-state index contributed by atoms with van der Waals surface area (Å²) in [6, 6.07) is 4.69. The van der Waals surface area contributed by atoms with Crippen molar-refractivity contribution in [3.63, 3.8) is 0 Å². The zero-order valence-electron chi connectivity index (χ0n) is 17.8. The van der Waals surface area contributed by atoms with Crippen LogP contribution in [0.5, 0.6) is 11.5 Å². The van der Waals surface area contributed by atoms with Gasteiger partial charge in [-0.1, -0.05) is 18.2 Å². The SMILES string of the molecule is COC1=CCC(C=CC(=O)c2c(OC)cccc2O[C@@H]2O[C@H](CO)[C@@H](O)[C@H](O)[C@H]2O)C=C1. The van der Waals surface area contributed by atoms with Gasteiger partial charge in [-0.05, 0) is 42.7 Å². The highest BCUT2D eigenvalue weighted by atomic mass is 16.7. The topological polar surface area (TPSA) is 135 Å². The van der Waals surface area contributed by atoms with Crippen LogP contribution in [0, 0.1) is 5.92 Å². The molecule has 2 aliphatic rings. The second-order valence-electron chi connectivity index (χ2n) is 7.44. The summed E-state index contributed by atoms with van der Waals surface area (Å²) in [6.07, 6.45) is 2.27. The minimum Gasteiger partial charge on any atom is -0.497 e. The van der Waals surface area contributed by atoms with E-state index in [-0.39, 0.29) is 23.0 Å². The number of benzene rings is 1. The summed E-state index contributed by atoms with van der Waals surface area (Å²) >= 11 is 0. The summed E-state index contributed by atoms with van der Waals surface area (Å²) in [4.78, 5) is 13.0. The van der Waals surface area contributed by atoms with E-state index in [0.29, 0.717) is 6.42 Å². The van der Waals surface area contributed by atoms with Crippen molar-refractivity contribution in [2.24, 2.45) is 5.92 Å². The lowest BCUT2D eigenvalue weighted by atomic mass is 9.98. The summed E-state index contributed by atoms with van der Waals surface area (Å²) in [5, 5.41) is 39.6. The number of aliphatic hydroxyl groups is 4. The van der Waals surface area contributed by atoms with Crippen LogP contribution < -0.4 is 9.47 Å². The molecule has 9 heteroatoms. The fourth-order valence-corrected chi connectivity index (χ4v) is 3.52. The van der Waals surface area contributed by atoms with Crippen molar-refractivity contribution in [2.75, 3.05) is 20.8 Å². The molecule has 174 valence electrons. The van der Waals surface area contributed by atoms with Gasteiger partial charge in [-0.25, -0.2) is 0 Å². The number of carbonyl (C=O) groups excluding carboxylic acids is 1. The van der Waals surface area contributed by atoms with Gasteiger partial charge in [-0.15, -0.1) is 0 Å². The molecule has 1 aromatic rings. The van der Waals surface area contributed by atoms with Gasteiger partial charge in [-0.3, -0.25) is 4.79 Å². The van der Waals surface area contributed by atoms with Crippen molar-refractivity contribution in [3.05, 3.63) is 59.9 Å². The van der Waals surface area contributed by atoms with Crippen molar-refractivity contribution in [2.45, 2.75) is 37.1 Å². The maximum atomic E-state index is 13.0. The average Bonchev–Trinajstić information content (AvgIpc) is 2.82. The number of rotatable bonds is 8. The summed E-state index contributed by atoms with van der Waals surface area (Å²) < 4.78 is 21.6. The Labute approximate surface area is 185 Å². The lowest BCUT2D eigenvalue weighted by molar-refractivity contribution is -0.277. The first-order valence-corrected chi connectivity index (χ1v) is 10.2. The molecule has 0 amide bonds. The third-order valence-corrected chi connectivity index (χ3v) is 5.38. The lowest BCUT2D eigenvalue weighted by Crippen LogP contribution is -2.60. The molecule has 1 aliphatic carbocycles. The van der Waals surface area contributed by atoms with Crippen LogP contribution in [0.2, 0.25) is 0 Å². The number of ether oxygens (including phenoxy) is 4. The number of carbonyl (C=O) groups is 1. The molecule has 1 fully saturated rings. The Kier molecular flexibility index (Phi) is 8.05. The van der Waals surface area contributed by atoms with E-state index in [1.165, 1.54) is 19.3 Å². The molecule has 1 aliphatic heterocycles. The van der Waals surface area contributed by atoms with Crippen molar-refractivity contribution < 1.29 is 44.2 Å². The van der Waals surface area contributed by atoms with Gasteiger partial charge in [0, 0.05) is 0 Å². The fourth-order valence-electron chi connectivity index (χ4n) is 3.52. The Bertz CT molecular complexity index is 889. The molecule has 1 unspecified atom stereocenters. The predicted molar refractivity (Wildman–Crippen MR) is 113 cm³/mol. The number of allylic oxidation sites excluding steroid dienone is 5. The number of hydrogen-bond acceptors (Lipinski definition) is 9. The summed E-state index contributed by atoms with van der Waals surface area (Å²) in [5.41, 5.74) is 0.108. The molecular formula is C23H28O9. The van der Waals surface area contributed by atoms with E-state index in [1.807, 2.05) is 18.2 Å². The summed E-state index contributed by atoms with van der Waals surface area (Å²) in [6.45, 7) is -0.592. The first kappa shape index (κ1) is 24.0. The molecule has 0 saturated carbocycles. The molecule has 1 aromatic carbocycles. The van der Waals surface area contributed by atoms with Gasteiger partial charge in [0.2, 0.25) is 6.29 Å². The van der Waals surface area contributed by atoms with E-state index in [0.717, 1.165) is 5.76 Å². The molecule has 0 aromatic heterocycles. The number of hydrogen-bond donors (Lipinski definition) is 4. The fraction of sp³-hybridized carbons (Fsp3) is 0.435. The Hall–Kier alpha value is -2.69. The number of aliphatic hydroxyl groups excluding tert-OH is 4. The molecule has 9 nitrogen and oxygen atoms in total. The molecule has 1 heterocycles. The van der Waals surface area contributed by atoms with E-state index >= 15 is 0 Å². The van der Waals surface area contributed by atoms with E-state index < -0.39 is 43.1 Å². The largest absolute Gasteiger partial charge is 0.497 e. The second-order valence-corrected chi connectivity index (χ2v) is 7.44. The zero-order valence-corrected chi connectivity index (χ0v) is 17.8. The third-order valence-electron chi connectivity index (χ3n) is 5.38. The van der Waals surface area contributed by atoms with Crippen LogP contribution in [0.15, 0.2) is 54.3 Å². The lowest BCUT2D eigenvalue weighted by Gasteiger charge is -2.39. The van der Waals surface area contributed by atoms with Crippen molar-refractivity contribution in [3.8, 4) is 11.5 Å². The molecule has 0 radical (unpaired) electrons. The smallest absolute Gasteiger partial charge is 0.229 e. The highest BCUT2D eigenvalue weighted by Crippen LogP contribution is 2.32. The van der Waals surface area contributed by atoms with E-state index in [2.05, 4.69) is 0 Å². The molecule has 6 atom stereocenters. The van der Waals surface area contributed by atoms with Crippen LogP contribution in [0.3, 0.4) is 0 Å². The number of methoxy groups -OCH3 is 2. The molecule has 0 bridgehead atoms. The molecule has 1 saturated heterocycles. The van der Waals surface area contributed by atoms with E-state index in [9.17, 15) is 25.2 Å². The third kappa shape index (κ3) is 5.20. The number of ketones is 1. The first-order chi connectivity index (χ1) is 15.4. The van der Waals surface area contributed by atoms with Crippen molar-refractivity contribution in [1.82, 2.24) is 0 Å². The second kappa shape index (κ2) is 10.8. The Morgan fingerprint density at radius 1 is 1.12 bits per heavy atom. The standard InChI is InChI=1S/C23H28O9/c1-29-14-9-6-13(7-10-14)8-11-15(25)19-16(30-2)4-3-5-17(19)31-23-22(28)21(27)20(26)18(12-24)32-23/h3-6,8-11,13,18,20-24,26-28H,7,12H2,1-2H3/t13?,18-,20-,21+,22-,23-/m1/s1. The Morgan fingerprint density at radius 2 is 1.88 bits per heavy atom. The van der Waals surface area contributed by atoms with Gasteiger partial charge in [-0.2, -0.15) is 0 Å². The minimum atomic E-state index is -1.60. The maximum Gasteiger partial charge on any atom is 0.229 e. The maximum absolute atomic E-state index is 13.0. The van der Waals surface area contributed by atoms with E-state index in [1.54, 1.807) is 25.3 Å². The van der Waals surface area contributed by atoms with Gasteiger partial charge in [0.25, 0.3) is 0 Å². The quantitative estimate of drug-likeness (QED) is 0.335. The molecule has 4 N–H and O–H groups in total. The predicted octanol–water partition coefficient (Wildman–Crippen LogP) is 0.719. The monoisotopic (exact) mass is 448 g/mol. The normalized spacial score (nSPS) is 30.1. The molecule has 0 spiro atoms. The van der Waals surface area contributed by atoms with Gasteiger partial charge in [0.15, 0.2) is 5.78 Å². The van der Waals surface area contributed by atoms with Crippen LogP contribution in [0.4, 0.5) is 0 Å². The van der Waals surface area contributed by atoms with Gasteiger partial charge in [0.1, 0.15) is 47.2 Å². The van der Waals surface area contributed by atoms with Crippen molar-refractivity contribution >= 4 is 5.78 Å². The minimum absolute atomic E-state index is 0.0161. The van der Waals surface area contributed by atoms with Crippen LogP contribution in [0.1, 0.15) is 16.8 Å². The van der Waals surface area contributed by atoms with Gasteiger partial charge in [0.05, 0.1) is 20.8 Å². The Balaban J connectivity index is 1.81. The summed E-state index contributed by atoms with van der Waals surface area (Å²) in [7, 11) is 3.00. The van der Waals surface area contributed by atoms with E-state index in [4.69, 9.17) is 18.9 Å². The highest BCUT2D eigenvalue weighted by Gasteiger charge is 2.45. The molecule has 3 rings (SSSR count). The van der Waals surface area contributed by atoms with Crippen LogP contribution >= 0.6 is 0 Å². The van der Waals surface area contributed by atoms with Crippen LogP contribution in [0.25, 0.3) is 0 Å². The average molecular weight is 448 g/mol. The summed E-state index contributed by atoms with van der Waals surface area (Å²) in [5.74, 6) is 0.701. The highest BCUT2D eigenvalue weighted by molar-refractivity contribution is 6.08. The zero-order chi connectivity index (χ0) is 23.3. The Morgan fingerprint density at radius 3 is 2.50 bits per heavy atom. The molecule has 32 heavy (non-hydrogen) atoms. The van der Waals surface area contributed by atoms with Crippen LogP contribution in [-0.2, 0) is 9.47 Å². The van der Waals surface area contributed by atoms with Crippen LogP contribution in [-0.4, -0.2) is 77.7 Å². The van der Waals surface area contributed by atoms with Crippen molar-refractivity contribution in [1.29, 1.82) is 0 Å². The van der Waals surface area contributed by atoms with Gasteiger partial charge >= 0.3 is 0 Å². The first-order valence-electron chi connectivity index (χ1n) is 10.2. The molecular weight excluding hydrogens is 420 g/mol.